The number of aromatic hydroxyl groups is 1. The highest BCUT2D eigenvalue weighted by Crippen LogP contribution is 2.31. The number of benzene rings is 2. The lowest BCUT2D eigenvalue weighted by Gasteiger charge is -2.24. The maximum absolute atomic E-state index is 13.6. The predicted molar refractivity (Wildman–Crippen MR) is 122 cm³/mol. The molecule has 11 heteroatoms. The van der Waals surface area contributed by atoms with Crippen molar-refractivity contribution in [2.45, 2.75) is 19.9 Å². The third-order valence-electron chi connectivity index (χ3n) is 5.23. The molecular weight excluding hydrogens is 465 g/mol. The number of thiazole rings is 1. The number of aromatic nitrogens is 1. The molecule has 0 spiro atoms. The van der Waals surface area contributed by atoms with E-state index in [0.29, 0.717) is 11.3 Å². The first kappa shape index (κ1) is 23.1. The van der Waals surface area contributed by atoms with E-state index in [1.54, 1.807) is 13.8 Å². The zero-order valence-corrected chi connectivity index (χ0v) is 18.8. The zero-order chi connectivity index (χ0) is 24.6. The first-order valence-corrected chi connectivity index (χ1v) is 11.0. The lowest BCUT2D eigenvalue weighted by atomic mass is 9.96. The number of nitro groups is 1. The molecule has 9 nitrogen and oxygen atoms in total. The molecule has 0 fully saturated rings. The molecule has 0 saturated carbocycles. The van der Waals surface area contributed by atoms with Crippen LogP contribution in [0.25, 0.3) is 6.08 Å². The molecule has 0 bridgehead atoms. The van der Waals surface area contributed by atoms with Crippen LogP contribution in [0.4, 0.5) is 10.1 Å². The number of nitro benzene ring substituents is 1. The molecule has 0 unspecified atom stereocenters. The van der Waals surface area contributed by atoms with E-state index in [2.05, 4.69) is 4.99 Å². The number of allylic oxidation sites excluding steroid dienone is 1. The lowest BCUT2D eigenvalue weighted by molar-refractivity contribution is -0.385. The van der Waals surface area contributed by atoms with Crippen LogP contribution in [-0.4, -0.2) is 27.2 Å². The molecule has 2 aromatic carbocycles. The van der Waals surface area contributed by atoms with Crippen molar-refractivity contribution >= 4 is 29.1 Å². The Bertz CT molecular complexity index is 1520. The summed E-state index contributed by atoms with van der Waals surface area (Å²) in [6.07, 6.45) is 1.33. The fourth-order valence-corrected chi connectivity index (χ4v) is 4.74. The molecule has 1 atom stereocenters. The van der Waals surface area contributed by atoms with Crippen LogP contribution < -0.4 is 14.9 Å². The van der Waals surface area contributed by atoms with E-state index >= 15 is 0 Å². The van der Waals surface area contributed by atoms with Gasteiger partial charge in [0.05, 0.1) is 33.4 Å². The molecule has 0 radical (unpaired) electrons. The normalized spacial score (nSPS) is 15.6. The van der Waals surface area contributed by atoms with Crippen LogP contribution in [-0.2, 0) is 9.53 Å². The number of phenolic OH excluding ortho intramolecular Hbond substituents is 1. The summed E-state index contributed by atoms with van der Waals surface area (Å²) >= 11 is 0.999. The summed E-state index contributed by atoms with van der Waals surface area (Å²) < 4.78 is 20.2. The summed E-state index contributed by atoms with van der Waals surface area (Å²) in [6.45, 7) is 3.38. The van der Waals surface area contributed by atoms with Crippen molar-refractivity contribution in [3.05, 3.63) is 100 Å². The molecule has 4 rings (SSSR count). The first-order valence-electron chi connectivity index (χ1n) is 10.1. The lowest BCUT2D eigenvalue weighted by Crippen LogP contribution is -2.39. The van der Waals surface area contributed by atoms with Crippen LogP contribution >= 0.6 is 11.3 Å². The van der Waals surface area contributed by atoms with Gasteiger partial charge in [0.25, 0.3) is 5.56 Å². The first-order chi connectivity index (χ1) is 16.2. The summed E-state index contributed by atoms with van der Waals surface area (Å²) in [7, 11) is 0. The van der Waals surface area contributed by atoms with Gasteiger partial charge in [-0.3, -0.25) is 19.5 Å². The number of esters is 1. The van der Waals surface area contributed by atoms with Crippen molar-refractivity contribution in [1.82, 2.24) is 4.57 Å². The summed E-state index contributed by atoms with van der Waals surface area (Å²) in [4.78, 5) is 41.4. The molecule has 0 aliphatic carbocycles. The van der Waals surface area contributed by atoms with E-state index in [0.717, 1.165) is 17.4 Å². The van der Waals surface area contributed by atoms with Crippen LogP contribution in [0.3, 0.4) is 0 Å². The number of hydrogen-bond donors (Lipinski definition) is 1. The average molecular weight is 483 g/mol. The monoisotopic (exact) mass is 483 g/mol. The molecule has 174 valence electrons. The number of nitrogens with zero attached hydrogens (tertiary/aromatic N) is 3. The second kappa shape index (κ2) is 9.02. The molecule has 0 saturated heterocycles. The topological polar surface area (TPSA) is 124 Å². The maximum Gasteiger partial charge on any atom is 0.338 e. The molecule has 34 heavy (non-hydrogen) atoms. The Balaban J connectivity index is 1.97. The summed E-state index contributed by atoms with van der Waals surface area (Å²) in [5, 5.41) is 21.4. The van der Waals surface area contributed by atoms with Crippen LogP contribution in [0.1, 0.15) is 31.0 Å². The third-order valence-corrected chi connectivity index (χ3v) is 6.21. The number of phenols is 1. The number of carbonyl (C=O) groups excluding carboxylic acids is 1. The van der Waals surface area contributed by atoms with Gasteiger partial charge in [0.2, 0.25) is 5.75 Å². The molecule has 2 heterocycles. The van der Waals surface area contributed by atoms with Gasteiger partial charge >= 0.3 is 11.7 Å². The summed E-state index contributed by atoms with van der Waals surface area (Å²) in [5.74, 6) is -1.70. The highest BCUT2D eigenvalue weighted by atomic mass is 32.1. The number of halogens is 1. The van der Waals surface area contributed by atoms with Crippen molar-refractivity contribution in [2.75, 3.05) is 6.61 Å². The van der Waals surface area contributed by atoms with E-state index in [1.807, 2.05) is 0 Å². The van der Waals surface area contributed by atoms with Gasteiger partial charge in [-0.15, -0.1) is 0 Å². The minimum atomic E-state index is -0.920. The molecule has 0 amide bonds. The van der Waals surface area contributed by atoms with Gasteiger partial charge in [0.15, 0.2) is 4.80 Å². The quantitative estimate of drug-likeness (QED) is 0.338. The van der Waals surface area contributed by atoms with E-state index in [4.69, 9.17) is 4.74 Å². The van der Waals surface area contributed by atoms with Gasteiger partial charge in [-0.25, -0.2) is 14.2 Å². The number of rotatable bonds is 5. The van der Waals surface area contributed by atoms with Crippen molar-refractivity contribution in [3.8, 4) is 5.75 Å². The Morgan fingerprint density at radius 1 is 1.32 bits per heavy atom. The largest absolute Gasteiger partial charge is 0.502 e. The predicted octanol–water partition coefficient (Wildman–Crippen LogP) is 2.55. The third kappa shape index (κ3) is 4.01. The number of hydrogen-bond acceptors (Lipinski definition) is 8. The van der Waals surface area contributed by atoms with Gasteiger partial charge in [-0.1, -0.05) is 35.6 Å². The fraction of sp³-hybridized carbons (Fsp3) is 0.174. The van der Waals surface area contributed by atoms with Crippen LogP contribution in [0.15, 0.2) is 63.5 Å². The molecule has 1 aromatic heterocycles. The number of fused-ring (bicyclic) bond motifs is 1. The van der Waals surface area contributed by atoms with Gasteiger partial charge < -0.3 is 9.84 Å². The summed E-state index contributed by atoms with van der Waals surface area (Å²) in [6, 6.07) is 8.46. The second-order valence-corrected chi connectivity index (χ2v) is 8.34. The van der Waals surface area contributed by atoms with Gasteiger partial charge in [0.1, 0.15) is 5.82 Å². The van der Waals surface area contributed by atoms with Crippen molar-refractivity contribution in [3.63, 3.8) is 0 Å². The van der Waals surface area contributed by atoms with Crippen LogP contribution in [0.5, 0.6) is 5.75 Å². The highest BCUT2D eigenvalue weighted by molar-refractivity contribution is 7.07. The van der Waals surface area contributed by atoms with Crippen molar-refractivity contribution < 1.29 is 24.0 Å². The Kier molecular flexibility index (Phi) is 6.12. The highest BCUT2D eigenvalue weighted by Gasteiger charge is 2.33. The average Bonchev–Trinajstić information content (AvgIpc) is 3.09. The van der Waals surface area contributed by atoms with Gasteiger partial charge in [0, 0.05) is 11.6 Å². The van der Waals surface area contributed by atoms with Gasteiger partial charge in [-0.2, -0.15) is 0 Å². The van der Waals surface area contributed by atoms with Gasteiger partial charge in [-0.05, 0) is 37.6 Å². The number of para-hydroxylation sites is 1. The molecule has 1 aliphatic heterocycles. The number of carbonyl (C=O) groups is 1. The molecule has 3 aromatic rings. The SMILES string of the molecule is CCOC(=O)C1=C(C)N=c2sc(=Cc3cccc([N+](=O)[O-])c3O)c(=O)n2[C@H]1c1ccc(F)cc1. The standard InChI is InChI=1S/C23H18FN3O6S/c1-3-33-22(30)18-12(2)25-23-26(19(18)13-7-9-15(24)10-8-13)21(29)17(34-23)11-14-5-4-6-16(20(14)28)27(31)32/h4-11,19,28H,3H2,1-2H3/t19-/m0/s1. The van der Waals surface area contributed by atoms with E-state index in [1.165, 1.54) is 47.0 Å². The van der Waals surface area contributed by atoms with Crippen LogP contribution in [0.2, 0.25) is 0 Å². The minimum Gasteiger partial charge on any atom is -0.502 e. The Morgan fingerprint density at radius 2 is 2.03 bits per heavy atom. The smallest absolute Gasteiger partial charge is 0.338 e. The molecule has 1 N–H and O–H groups in total. The zero-order valence-electron chi connectivity index (χ0n) is 18.0. The molecule has 1 aliphatic rings. The van der Waals surface area contributed by atoms with Crippen molar-refractivity contribution in [1.29, 1.82) is 0 Å². The molecular formula is C23H18FN3O6S. The Hall–Kier alpha value is -4.12. The van der Waals surface area contributed by atoms with Crippen LogP contribution in [0, 0.1) is 15.9 Å². The Morgan fingerprint density at radius 3 is 2.68 bits per heavy atom. The van der Waals surface area contributed by atoms with E-state index < -0.39 is 39.7 Å². The fourth-order valence-electron chi connectivity index (χ4n) is 3.71. The van der Waals surface area contributed by atoms with E-state index in [-0.39, 0.29) is 27.1 Å². The maximum atomic E-state index is 13.6. The number of ether oxygens (including phenoxy) is 1. The summed E-state index contributed by atoms with van der Waals surface area (Å²) in [5.41, 5.74) is 0.0255. The van der Waals surface area contributed by atoms with Crippen molar-refractivity contribution in [2.24, 2.45) is 4.99 Å². The van der Waals surface area contributed by atoms with E-state index in [9.17, 15) is 29.2 Å². The minimum absolute atomic E-state index is 0.0825. The second-order valence-electron chi connectivity index (χ2n) is 7.33. The Labute approximate surface area is 195 Å².